The topological polar surface area (TPSA) is 45.7 Å². The number of anilines is 1. The lowest BCUT2D eigenvalue weighted by Crippen LogP contribution is -2.37. The maximum Gasteiger partial charge on any atom is 0.255 e. The number of hydrogen-bond acceptors (Lipinski definition) is 4. The van der Waals surface area contributed by atoms with Crippen molar-refractivity contribution in [1.29, 1.82) is 0 Å². The predicted molar refractivity (Wildman–Crippen MR) is 97.9 cm³/mol. The molecule has 3 heterocycles. The number of aromatic nitrogens is 1. The smallest absolute Gasteiger partial charge is 0.255 e. The number of pyridine rings is 1. The van der Waals surface area contributed by atoms with Crippen LogP contribution in [0.1, 0.15) is 55.3 Å². The summed E-state index contributed by atoms with van der Waals surface area (Å²) in [5.74, 6) is 1.65. The minimum absolute atomic E-state index is 0.143. The molecule has 0 aromatic carbocycles. The van der Waals surface area contributed by atoms with Crippen LogP contribution in [0, 0.1) is 5.92 Å². The van der Waals surface area contributed by atoms with Gasteiger partial charge in [-0.05, 0) is 44.2 Å². The van der Waals surface area contributed by atoms with Gasteiger partial charge in [0.05, 0.1) is 12.2 Å². The van der Waals surface area contributed by atoms with Gasteiger partial charge in [-0.1, -0.05) is 12.8 Å². The molecule has 1 aromatic rings. The van der Waals surface area contributed by atoms with Gasteiger partial charge in [-0.15, -0.1) is 0 Å². The van der Waals surface area contributed by atoms with Gasteiger partial charge in [0.15, 0.2) is 0 Å². The Kier molecular flexibility index (Phi) is 5.20. The maximum atomic E-state index is 13.0. The Balaban J connectivity index is 1.43. The van der Waals surface area contributed by atoms with Gasteiger partial charge in [-0.3, -0.25) is 4.79 Å². The third kappa shape index (κ3) is 4.14. The summed E-state index contributed by atoms with van der Waals surface area (Å²) in [7, 11) is 0. The summed E-state index contributed by atoms with van der Waals surface area (Å²) in [6.45, 7) is 4.62. The predicted octanol–water partition coefficient (Wildman–Crippen LogP) is 3.10. The lowest BCUT2D eigenvalue weighted by atomic mass is 10.1. The Morgan fingerprint density at radius 1 is 1.16 bits per heavy atom. The fraction of sp³-hybridized carbons (Fsp3) is 0.700. The Hall–Kier alpha value is -1.62. The van der Waals surface area contributed by atoms with Crippen LogP contribution in [-0.4, -0.2) is 54.7 Å². The van der Waals surface area contributed by atoms with Gasteiger partial charge in [-0.2, -0.15) is 0 Å². The minimum atomic E-state index is 0.143. The Morgan fingerprint density at radius 2 is 1.96 bits per heavy atom. The average molecular weight is 343 g/mol. The SMILES string of the molecule is O=C(c1ccc(N2CCCCCC2)nc1)N(CC1CCOC1)C1CC1. The van der Waals surface area contributed by atoms with Crippen LogP contribution >= 0.6 is 0 Å². The van der Waals surface area contributed by atoms with E-state index in [1.807, 2.05) is 12.1 Å². The number of carbonyl (C=O) groups is 1. The molecule has 1 atom stereocenters. The first-order chi connectivity index (χ1) is 12.3. The van der Waals surface area contributed by atoms with E-state index in [9.17, 15) is 4.79 Å². The summed E-state index contributed by atoms with van der Waals surface area (Å²) in [4.78, 5) is 22.0. The van der Waals surface area contributed by atoms with E-state index in [-0.39, 0.29) is 5.91 Å². The third-order valence-electron chi connectivity index (χ3n) is 5.65. The third-order valence-corrected chi connectivity index (χ3v) is 5.65. The zero-order valence-corrected chi connectivity index (χ0v) is 15.0. The molecule has 2 aliphatic heterocycles. The maximum absolute atomic E-state index is 13.0. The van der Waals surface area contributed by atoms with E-state index in [0.29, 0.717) is 12.0 Å². The minimum Gasteiger partial charge on any atom is -0.381 e. The number of carbonyl (C=O) groups excluding carboxylic acids is 1. The van der Waals surface area contributed by atoms with E-state index in [1.165, 1.54) is 25.7 Å². The number of rotatable bonds is 5. The van der Waals surface area contributed by atoms with Crippen molar-refractivity contribution in [2.75, 3.05) is 37.7 Å². The molecular weight excluding hydrogens is 314 g/mol. The fourth-order valence-electron chi connectivity index (χ4n) is 3.95. The lowest BCUT2D eigenvalue weighted by molar-refractivity contribution is 0.0706. The molecule has 0 N–H and O–H groups in total. The van der Waals surface area contributed by atoms with Crippen molar-refractivity contribution in [3.8, 4) is 0 Å². The molecule has 3 fully saturated rings. The summed E-state index contributed by atoms with van der Waals surface area (Å²) < 4.78 is 5.48. The van der Waals surface area contributed by atoms with Crippen molar-refractivity contribution in [2.45, 2.75) is 51.0 Å². The van der Waals surface area contributed by atoms with Crippen molar-refractivity contribution in [3.05, 3.63) is 23.9 Å². The second kappa shape index (κ2) is 7.73. The zero-order valence-electron chi connectivity index (χ0n) is 15.0. The first-order valence-electron chi connectivity index (χ1n) is 9.91. The first-order valence-corrected chi connectivity index (χ1v) is 9.91. The summed E-state index contributed by atoms with van der Waals surface area (Å²) in [5, 5.41) is 0. The van der Waals surface area contributed by atoms with Gasteiger partial charge in [0.2, 0.25) is 0 Å². The highest BCUT2D eigenvalue weighted by Crippen LogP contribution is 2.30. The molecule has 0 radical (unpaired) electrons. The molecule has 25 heavy (non-hydrogen) atoms. The molecule has 1 aromatic heterocycles. The van der Waals surface area contributed by atoms with Crippen LogP contribution < -0.4 is 4.90 Å². The molecule has 3 aliphatic rings. The van der Waals surface area contributed by atoms with E-state index < -0.39 is 0 Å². The van der Waals surface area contributed by atoms with Crippen molar-refractivity contribution in [3.63, 3.8) is 0 Å². The standard InChI is InChI=1S/C20H29N3O2/c24-20(23(18-6-7-18)14-16-9-12-25-15-16)17-5-8-19(21-13-17)22-10-3-1-2-4-11-22/h5,8,13,16,18H,1-4,6-7,9-12,14-15H2. The van der Waals surface area contributed by atoms with Gasteiger partial charge < -0.3 is 14.5 Å². The van der Waals surface area contributed by atoms with Crippen LogP contribution in [0.15, 0.2) is 18.3 Å². The van der Waals surface area contributed by atoms with Crippen molar-refractivity contribution in [2.24, 2.45) is 5.92 Å². The zero-order chi connectivity index (χ0) is 17.1. The molecule has 4 rings (SSSR count). The van der Waals surface area contributed by atoms with E-state index in [1.54, 1.807) is 6.20 Å². The quantitative estimate of drug-likeness (QED) is 0.824. The first kappa shape index (κ1) is 16.8. The van der Waals surface area contributed by atoms with Crippen LogP contribution in [0.2, 0.25) is 0 Å². The molecule has 1 aliphatic carbocycles. The molecule has 1 unspecified atom stereocenters. The molecule has 5 heteroatoms. The molecule has 5 nitrogen and oxygen atoms in total. The van der Waals surface area contributed by atoms with Gasteiger partial charge in [0.25, 0.3) is 5.91 Å². The average Bonchev–Trinajstić information content (AvgIpc) is 3.42. The summed E-state index contributed by atoms with van der Waals surface area (Å²) in [5.41, 5.74) is 0.726. The van der Waals surface area contributed by atoms with Gasteiger partial charge in [0, 0.05) is 44.4 Å². The van der Waals surface area contributed by atoms with Crippen LogP contribution in [-0.2, 0) is 4.74 Å². The number of ether oxygens (including phenoxy) is 1. The normalized spacial score (nSPS) is 24.2. The van der Waals surface area contributed by atoms with Crippen LogP contribution in [0.25, 0.3) is 0 Å². The molecule has 0 spiro atoms. The van der Waals surface area contributed by atoms with Gasteiger partial charge in [-0.25, -0.2) is 4.98 Å². The molecular formula is C20H29N3O2. The van der Waals surface area contributed by atoms with Gasteiger partial charge >= 0.3 is 0 Å². The number of nitrogens with zero attached hydrogens (tertiary/aromatic N) is 3. The van der Waals surface area contributed by atoms with Gasteiger partial charge in [0.1, 0.15) is 5.82 Å². The van der Waals surface area contributed by atoms with Crippen LogP contribution in [0.3, 0.4) is 0 Å². The molecule has 2 saturated heterocycles. The Bertz CT molecular complexity index is 571. The van der Waals surface area contributed by atoms with E-state index in [4.69, 9.17) is 4.74 Å². The van der Waals surface area contributed by atoms with E-state index >= 15 is 0 Å². The number of hydrogen-bond donors (Lipinski definition) is 0. The fourth-order valence-corrected chi connectivity index (χ4v) is 3.95. The highest BCUT2D eigenvalue weighted by molar-refractivity contribution is 5.94. The summed E-state index contributed by atoms with van der Waals surface area (Å²) in [6.07, 6.45) is 10.2. The van der Waals surface area contributed by atoms with Crippen molar-refractivity contribution >= 4 is 11.7 Å². The highest BCUT2D eigenvalue weighted by atomic mass is 16.5. The van der Waals surface area contributed by atoms with Crippen LogP contribution in [0.4, 0.5) is 5.82 Å². The van der Waals surface area contributed by atoms with E-state index in [0.717, 1.165) is 63.5 Å². The second-order valence-electron chi connectivity index (χ2n) is 7.72. The molecule has 1 amide bonds. The Labute approximate surface area is 150 Å². The van der Waals surface area contributed by atoms with E-state index in [2.05, 4.69) is 14.8 Å². The number of amides is 1. The summed E-state index contributed by atoms with van der Waals surface area (Å²) in [6, 6.07) is 4.43. The molecule has 136 valence electrons. The second-order valence-corrected chi connectivity index (χ2v) is 7.72. The monoisotopic (exact) mass is 343 g/mol. The lowest BCUT2D eigenvalue weighted by Gasteiger charge is -2.26. The molecule has 1 saturated carbocycles. The van der Waals surface area contributed by atoms with Crippen LogP contribution in [0.5, 0.6) is 0 Å². The highest BCUT2D eigenvalue weighted by Gasteiger charge is 2.35. The molecule has 0 bridgehead atoms. The Morgan fingerprint density at radius 3 is 2.56 bits per heavy atom. The van der Waals surface area contributed by atoms with Crippen molar-refractivity contribution < 1.29 is 9.53 Å². The summed E-state index contributed by atoms with van der Waals surface area (Å²) >= 11 is 0. The largest absolute Gasteiger partial charge is 0.381 e. The van der Waals surface area contributed by atoms with Crippen molar-refractivity contribution in [1.82, 2.24) is 9.88 Å².